The molecule has 3 heterocycles. The maximum Gasteiger partial charge on any atom is 0.410 e. The predicted octanol–water partition coefficient (Wildman–Crippen LogP) is 3.22. The summed E-state index contributed by atoms with van der Waals surface area (Å²) in [6.45, 7) is 3.40. The van der Waals surface area contributed by atoms with Gasteiger partial charge in [0.05, 0.1) is 32.2 Å². The van der Waals surface area contributed by atoms with E-state index in [0.717, 1.165) is 24.3 Å². The van der Waals surface area contributed by atoms with Crippen LogP contribution in [0, 0.1) is 5.82 Å². The molecule has 1 saturated heterocycles. The number of fused-ring (bicyclic) bond motifs is 1. The Kier molecular flexibility index (Phi) is 6.22. The van der Waals surface area contributed by atoms with Gasteiger partial charge in [0.25, 0.3) is 5.91 Å². The largest absolute Gasteiger partial charge is 0.410 e. The van der Waals surface area contributed by atoms with E-state index in [0.29, 0.717) is 18.7 Å². The van der Waals surface area contributed by atoms with Gasteiger partial charge < -0.3 is 15.1 Å². The average Bonchev–Trinajstić information content (AvgIpc) is 3.28. The van der Waals surface area contributed by atoms with E-state index < -0.39 is 24.1 Å². The average molecular weight is 489 g/mol. The van der Waals surface area contributed by atoms with Crippen molar-refractivity contribution in [3.63, 3.8) is 0 Å². The van der Waals surface area contributed by atoms with Gasteiger partial charge in [0.15, 0.2) is 11.7 Å². The summed E-state index contributed by atoms with van der Waals surface area (Å²) in [5.41, 5.74) is 1.76. The second kappa shape index (κ2) is 9.33. The van der Waals surface area contributed by atoms with Gasteiger partial charge in [-0.25, -0.2) is 9.07 Å². The number of alkyl halides is 3. The molecule has 6 nitrogen and oxygen atoms in total. The SMILES string of the molecule is O=C(c1cc2n(n1)[C@@H](C(F)(F)F)C[C@H](c1ccc(F)cc1)N2)N1CC[NH+](Cc2ccccc2)CC1. The number of nitrogens with zero attached hydrogens (tertiary/aromatic N) is 3. The lowest BCUT2D eigenvalue weighted by Gasteiger charge is -2.33. The maximum atomic E-state index is 13.9. The van der Waals surface area contributed by atoms with Crippen LogP contribution in [0.5, 0.6) is 0 Å². The normalized spacial score (nSPS) is 20.9. The van der Waals surface area contributed by atoms with Crippen molar-refractivity contribution in [2.45, 2.75) is 31.2 Å². The number of quaternary nitrogens is 1. The third-order valence-corrected chi connectivity index (χ3v) is 6.74. The summed E-state index contributed by atoms with van der Waals surface area (Å²) < 4.78 is 55.9. The quantitative estimate of drug-likeness (QED) is 0.555. The zero-order valence-electron chi connectivity index (χ0n) is 18.9. The van der Waals surface area contributed by atoms with Gasteiger partial charge in [0, 0.05) is 18.1 Å². The van der Waals surface area contributed by atoms with Crippen molar-refractivity contribution in [2.75, 3.05) is 31.5 Å². The number of carbonyl (C=O) groups excluding carboxylic acids is 1. The van der Waals surface area contributed by atoms with Gasteiger partial charge in [-0.05, 0) is 17.7 Å². The van der Waals surface area contributed by atoms with E-state index in [1.54, 1.807) is 4.90 Å². The Bertz CT molecular complexity index is 1170. The number of amides is 1. The molecular weight excluding hydrogens is 462 g/mol. The number of hydrogen-bond acceptors (Lipinski definition) is 3. The number of halogens is 4. The van der Waals surface area contributed by atoms with Gasteiger partial charge in [0.2, 0.25) is 0 Å². The highest BCUT2D eigenvalue weighted by Crippen LogP contribution is 2.43. The monoisotopic (exact) mass is 488 g/mol. The van der Waals surface area contributed by atoms with Crippen molar-refractivity contribution in [1.82, 2.24) is 14.7 Å². The minimum absolute atomic E-state index is 0.00647. The van der Waals surface area contributed by atoms with Crippen molar-refractivity contribution in [3.8, 4) is 0 Å². The topological polar surface area (TPSA) is 54.6 Å². The Hall–Kier alpha value is -3.40. The molecule has 0 spiro atoms. The third kappa shape index (κ3) is 5.02. The lowest BCUT2D eigenvalue weighted by atomic mass is 9.97. The van der Waals surface area contributed by atoms with Crippen LogP contribution in [0.4, 0.5) is 23.4 Å². The standard InChI is InChI=1S/C25H25F4N5O/c26-19-8-6-18(7-9-19)20-14-22(25(27,28)29)34-23(30-20)15-21(31-34)24(35)33-12-10-32(11-13-33)16-17-4-2-1-3-5-17/h1-9,15,20,22,30H,10-14,16H2/p+1/t20-,22-/m1/s1. The highest BCUT2D eigenvalue weighted by Gasteiger charge is 2.47. The number of benzene rings is 2. The second-order valence-corrected chi connectivity index (χ2v) is 9.11. The molecule has 1 aromatic heterocycles. The third-order valence-electron chi connectivity index (χ3n) is 6.74. The van der Waals surface area contributed by atoms with Crippen molar-refractivity contribution in [2.24, 2.45) is 0 Å². The lowest BCUT2D eigenvalue weighted by Crippen LogP contribution is -3.13. The first kappa shape index (κ1) is 23.3. The van der Waals surface area contributed by atoms with E-state index in [9.17, 15) is 22.4 Å². The first-order chi connectivity index (χ1) is 16.8. The van der Waals surface area contributed by atoms with Gasteiger partial charge in [-0.3, -0.25) is 4.79 Å². The molecule has 0 bridgehead atoms. The molecule has 35 heavy (non-hydrogen) atoms. The number of aromatic nitrogens is 2. The van der Waals surface area contributed by atoms with Gasteiger partial charge in [-0.15, -0.1) is 0 Å². The van der Waals surface area contributed by atoms with E-state index in [1.807, 2.05) is 18.2 Å². The summed E-state index contributed by atoms with van der Waals surface area (Å²) in [7, 11) is 0. The number of piperazine rings is 1. The molecule has 2 atom stereocenters. The van der Waals surface area contributed by atoms with Crippen molar-refractivity contribution in [3.05, 3.63) is 83.3 Å². The Balaban J connectivity index is 1.30. The maximum absolute atomic E-state index is 13.9. The van der Waals surface area contributed by atoms with Gasteiger partial charge in [0.1, 0.15) is 18.2 Å². The fraction of sp³-hybridized carbons (Fsp3) is 0.360. The highest BCUT2D eigenvalue weighted by molar-refractivity contribution is 5.93. The van der Waals surface area contributed by atoms with E-state index in [-0.39, 0.29) is 23.8 Å². The van der Waals surface area contributed by atoms with Crippen molar-refractivity contribution >= 4 is 11.7 Å². The molecule has 0 radical (unpaired) electrons. The molecule has 1 amide bonds. The van der Waals surface area contributed by atoms with Gasteiger partial charge in [-0.2, -0.15) is 18.3 Å². The molecule has 5 rings (SSSR count). The van der Waals surface area contributed by atoms with Crippen LogP contribution < -0.4 is 10.2 Å². The summed E-state index contributed by atoms with van der Waals surface area (Å²) in [5, 5.41) is 7.13. The Morgan fingerprint density at radius 1 is 1.06 bits per heavy atom. The smallest absolute Gasteiger partial charge is 0.363 e. The van der Waals surface area contributed by atoms with Crippen LogP contribution in [0.1, 0.15) is 40.1 Å². The van der Waals surface area contributed by atoms with Crippen molar-refractivity contribution < 1.29 is 27.3 Å². The number of nitrogens with one attached hydrogen (secondary N) is 2. The lowest BCUT2D eigenvalue weighted by molar-refractivity contribution is -0.917. The van der Waals surface area contributed by atoms with Crippen LogP contribution in [-0.2, 0) is 6.54 Å². The van der Waals surface area contributed by atoms with E-state index >= 15 is 0 Å². The molecule has 2 aromatic carbocycles. The first-order valence-electron chi connectivity index (χ1n) is 11.6. The molecule has 0 saturated carbocycles. The van der Waals surface area contributed by atoms with Gasteiger partial charge in [-0.1, -0.05) is 42.5 Å². The predicted molar refractivity (Wildman–Crippen MR) is 121 cm³/mol. The number of anilines is 1. The minimum atomic E-state index is -4.55. The molecule has 0 unspecified atom stereocenters. The summed E-state index contributed by atoms with van der Waals surface area (Å²) in [5.74, 6) is -0.697. The van der Waals surface area contributed by atoms with E-state index in [2.05, 4.69) is 22.5 Å². The highest BCUT2D eigenvalue weighted by atomic mass is 19.4. The summed E-state index contributed by atoms with van der Waals surface area (Å²) in [4.78, 5) is 16.1. The van der Waals surface area contributed by atoms with Crippen molar-refractivity contribution in [1.29, 1.82) is 0 Å². The molecule has 2 N–H and O–H groups in total. The molecular formula is C25H26F4N5O+. The van der Waals surface area contributed by atoms with E-state index in [1.165, 1.54) is 40.8 Å². The first-order valence-corrected chi connectivity index (χ1v) is 11.6. The zero-order valence-corrected chi connectivity index (χ0v) is 18.9. The summed E-state index contributed by atoms with van der Waals surface area (Å²) in [6.07, 6.45) is -4.85. The molecule has 2 aliphatic heterocycles. The summed E-state index contributed by atoms with van der Waals surface area (Å²) in [6, 6.07) is 14.3. The molecule has 1 fully saturated rings. The van der Waals surface area contributed by atoms with Crippen LogP contribution in [0.3, 0.4) is 0 Å². The van der Waals surface area contributed by atoms with Crippen LogP contribution in [0.15, 0.2) is 60.7 Å². The molecule has 10 heteroatoms. The molecule has 2 aliphatic rings. The fourth-order valence-electron chi connectivity index (χ4n) is 4.84. The Labute approximate surface area is 200 Å². The summed E-state index contributed by atoms with van der Waals surface area (Å²) >= 11 is 0. The number of rotatable bonds is 4. The molecule has 184 valence electrons. The zero-order chi connectivity index (χ0) is 24.6. The van der Waals surface area contributed by atoms with Gasteiger partial charge >= 0.3 is 6.18 Å². The second-order valence-electron chi connectivity index (χ2n) is 9.11. The molecule has 0 aliphatic carbocycles. The number of carbonyl (C=O) groups is 1. The van der Waals surface area contributed by atoms with Crippen LogP contribution >= 0.6 is 0 Å². The van der Waals surface area contributed by atoms with Crippen LogP contribution in [0.2, 0.25) is 0 Å². The minimum Gasteiger partial charge on any atom is -0.363 e. The Morgan fingerprint density at radius 3 is 2.40 bits per heavy atom. The molecule has 3 aromatic rings. The van der Waals surface area contributed by atoms with E-state index in [4.69, 9.17) is 0 Å². The number of hydrogen-bond donors (Lipinski definition) is 2. The fourth-order valence-corrected chi connectivity index (χ4v) is 4.84. The van der Waals surface area contributed by atoms with Crippen LogP contribution in [-0.4, -0.2) is 52.9 Å². The Morgan fingerprint density at radius 2 is 1.74 bits per heavy atom. The van der Waals surface area contributed by atoms with Crippen LogP contribution in [0.25, 0.3) is 0 Å².